The summed E-state index contributed by atoms with van der Waals surface area (Å²) in [7, 11) is 5.08. The lowest BCUT2D eigenvalue weighted by Gasteiger charge is -2.27. The van der Waals surface area contributed by atoms with Gasteiger partial charge in [-0.1, -0.05) is 0 Å². The molecule has 0 aromatic heterocycles. The Morgan fingerprint density at radius 2 is 1.79 bits per heavy atom. The number of likely N-dealkylation sites (tertiary alicyclic amines) is 1. The molecule has 0 aromatic carbocycles. The second kappa shape index (κ2) is 6.62. The molecule has 0 saturated carbocycles. The summed E-state index contributed by atoms with van der Waals surface area (Å²) in [5.41, 5.74) is 0. The Bertz CT molecular complexity index is 166. The van der Waals surface area contributed by atoms with Gasteiger partial charge in [0.1, 0.15) is 0 Å². The van der Waals surface area contributed by atoms with Gasteiger partial charge in [0, 0.05) is 27.1 Å². The summed E-state index contributed by atoms with van der Waals surface area (Å²) in [5.74, 6) is 0. The molecule has 1 heterocycles. The summed E-state index contributed by atoms with van der Waals surface area (Å²) < 4.78 is 9.78. The molecular formula is C9H19NO4. The molecule has 1 rings (SSSR count). The molecule has 0 spiro atoms. The molecule has 84 valence electrons. The van der Waals surface area contributed by atoms with E-state index in [0.29, 0.717) is 0 Å². The summed E-state index contributed by atoms with van der Waals surface area (Å²) in [6.07, 6.45) is 1.25. The van der Waals surface area contributed by atoms with Crippen LogP contribution in [0, 0.1) is 0 Å². The molecule has 0 aromatic rings. The third kappa shape index (κ3) is 5.77. The first-order valence-corrected chi connectivity index (χ1v) is 4.61. The number of hydrogen-bond donors (Lipinski definition) is 0. The van der Waals surface area contributed by atoms with Crippen LogP contribution in [-0.2, 0) is 9.47 Å². The van der Waals surface area contributed by atoms with Crippen molar-refractivity contribution in [1.29, 1.82) is 0 Å². The summed E-state index contributed by atoms with van der Waals surface area (Å²) in [5, 5.41) is 9.03. The van der Waals surface area contributed by atoms with Gasteiger partial charge >= 0.3 is 0 Å². The van der Waals surface area contributed by atoms with Gasteiger partial charge in [0.2, 0.25) is 0 Å². The van der Waals surface area contributed by atoms with Gasteiger partial charge in [0.05, 0.1) is 20.1 Å². The Morgan fingerprint density at radius 1 is 1.36 bits per heavy atom. The highest BCUT2D eigenvalue weighted by Gasteiger charge is 2.25. The Morgan fingerprint density at radius 3 is 2.07 bits per heavy atom. The van der Waals surface area contributed by atoms with E-state index in [0.717, 1.165) is 18.3 Å². The minimum atomic E-state index is -1.50. The Kier molecular flexibility index (Phi) is 6.23. The molecule has 1 saturated heterocycles. The van der Waals surface area contributed by atoms with Crippen molar-refractivity contribution >= 4 is 6.16 Å². The minimum absolute atomic E-state index is 0.889. The fourth-order valence-electron chi connectivity index (χ4n) is 1.54. The van der Waals surface area contributed by atoms with Crippen LogP contribution in [0.15, 0.2) is 0 Å². The fraction of sp³-hybridized carbons (Fsp3) is 0.889. The van der Waals surface area contributed by atoms with Crippen LogP contribution in [0.2, 0.25) is 0 Å². The first-order chi connectivity index (χ1) is 6.54. The third-order valence-electron chi connectivity index (χ3n) is 2.25. The van der Waals surface area contributed by atoms with Gasteiger partial charge in [-0.2, -0.15) is 0 Å². The Balaban J connectivity index is 0.000000292. The van der Waals surface area contributed by atoms with Crippen LogP contribution in [0.5, 0.6) is 0 Å². The van der Waals surface area contributed by atoms with Crippen molar-refractivity contribution in [2.45, 2.75) is 12.8 Å². The van der Waals surface area contributed by atoms with Gasteiger partial charge in [-0.25, -0.2) is 0 Å². The zero-order valence-corrected chi connectivity index (χ0v) is 9.12. The highest BCUT2D eigenvalue weighted by Crippen LogP contribution is 2.14. The molecule has 1 fully saturated rings. The molecule has 0 radical (unpaired) electrons. The average Bonchev–Trinajstić information content (AvgIpc) is 2.54. The lowest BCUT2D eigenvalue weighted by molar-refractivity contribution is -0.916. The van der Waals surface area contributed by atoms with Crippen LogP contribution in [0.4, 0.5) is 4.79 Å². The van der Waals surface area contributed by atoms with E-state index in [1.54, 1.807) is 7.11 Å². The van der Waals surface area contributed by atoms with Crippen molar-refractivity contribution in [1.82, 2.24) is 0 Å². The largest absolute Gasteiger partial charge is 0.553 e. The number of rotatable bonds is 2. The number of carbonyl (C=O) groups is 1. The molecule has 1 aliphatic rings. The van der Waals surface area contributed by atoms with Gasteiger partial charge in [0.25, 0.3) is 6.16 Å². The monoisotopic (exact) mass is 205 g/mol. The molecule has 0 amide bonds. The van der Waals surface area contributed by atoms with E-state index in [4.69, 9.17) is 14.6 Å². The zero-order valence-electron chi connectivity index (χ0n) is 9.12. The topological polar surface area (TPSA) is 58.6 Å². The van der Waals surface area contributed by atoms with E-state index < -0.39 is 6.16 Å². The molecule has 0 N–H and O–H groups in total. The van der Waals surface area contributed by atoms with Gasteiger partial charge in [-0.3, -0.25) is 0 Å². The maximum Gasteiger partial charge on any atom is 0.251 e. The maximum atomic E-state index is 9.03. The normalized spacial score (nSPS) is 18.2. The number of ether oxygens (including phenoxy) is 2. The van der Waals surface area contributed by atoms with Gasteiger partial charge in [0.15, 0.2) is 6.73 Å². The molecule has 1 aliphatic heterocycles. The van der Waals surface area contributed by atoms with Crippen molar-refractivity contribution in [2.24, 2.45) is 0 Å². The molecular weight excluding hydrogens is 186 g/mol. The average molecular weight is 205 g/mol. The van der Waals surface area contributed by atoms with E-state index in [9.17, 15) is 0 Å². The third-order valence-corrected chi connectivity index (χ3v) is 2.25. The van der Waals surface area contributed by atoms with Crippen LogP contribution >= 0.6 is 0 Å². The Labute approximate surface area is 84.8 Å². The minimum Gasteiger partial charge on any atom is -0.553 e. The van der Waals surface area contributed by atoms with E-state index in [-0.39, 0.29) is 0 Å². The second-order valence-electron chi connectivity index (χ2n) is 3.65. The van der Waals surface area contributed by atoms with Crippen LogP contribution in [0.3, 0.4) is 0 Å². The van der Waals surface area contributed by atoms with Crippen LogP contribution < -0.4 is 5.11 Å². The predicted molar refractivity (Wildman–Crippen MR) is 49.4 cm³/mol. The van der Waals surface area contributed by atoms with Gasteiger partial charge in [-0.05, 0) is 0 Å². The maximum absolute atomic E-state index is 9.03. The first-order valence-electron chi connectivity index (χ1n) is 4.61. The van der Waals surface area contributed by atoms with E-state index in [2.05, 4.69) is 11.8 Å². The van der Waals surface area contributed by atoms with Gasteiger partial charge < -0.3 is 23.9 Å². The smallest absolute Gasteiger partial charge is 0.251 e. The van der Waals surface area contributed by atoms with Crippen molar-refractivity contribution in [3.05, 3.63) is 0 Å². The number of nitrogens with zero attached hydrogens (tertiary/aromatic N) is 1. The fourth-order valence-corrected chi connectivity index (χ4v) is 1.54. The summed E-state index contributed by atoms with van der Waals surface area (Å²) in [4.78, 5) is 9.03. The molecule has 14 heavy (non-hydrogen) atoms. The van der Waals surface area contributed by atoms with Crippen LogP contribution in [0.25, 0.3) is 0 Å². The van der Waals surface area contributed by atoms with Crippen molar-refractivity contribution < 1.29 is 23.9 Å². The summed E-state index contributed by atoms with van der Waals surface area (Å²) >= 11 is 0. The summed E-state index contributed by atoms with van der Waals surface area (Å²) in [6, 6.07) is 0. The first kappa shape index (κ1) is 13.2. The highest BCUT2D eigenvalue weighted by atomic mass is 16.6. The van der Waals surface area contributed by atoms with E-state index >= 15 is 0 Å². The van der Waals surface area contributed by atoms with E-state index in [1.807, 2.05) is 0 Å². The number of carbonyl (C=O) groups excluding carboxylic acids is 1. The van der Waals surface area contributed by atoms with E-state index in [1.165, 1.54) is 25.9 Å². The van der Waals surface area contributed by atoms with Crippen molar-refractivity contribution in [3.8, 4) is 0 Å². The SMILES string of the molecule is COC(=O)[O-].COC[N+]1(C)CCCC1. The standard InChI is InChI=1S/C7H16NO.C2H4O3/c1-8(7-9-2)5-3-4-6-8;1-5-2(3)4/h3-7H2,1-2H3;1H3,(H,3,4)/q+1;/p-1. The number of carboxylic acid groups (broad SMARTS) is 1. The summed E-state index contributed by atoms with van der Waals surface area (Å²) in [6.45, 7) is 3.49. The lowest BCUT2D eigenvalue weighted by atomic mass is 10.4. The molecule has 5 heteroatoms. The molecule has 0 atom stereocenters. The molecule has 0 unspecified atom stereocenters. The lowest BCUT2D eigenvalue weighted by Crippen LogP contribution is -2.42. The number of methoxy groups -OCH3 is 2. The van der Waals surface area contributed by atoms with Crippen molar-refractivity contribution in [2.75, 3.05) is 41.1 Å². The molecule has 0 aliphatic carbocycles. The predicted octanol–water partition coefficient (Wildman–Crippen LogP) is -0.193. The molecule has 0 bridgehead atoms. The Hall–Kier alpha value is -0.810. The van der Waals surface area contributed by atoms with Crippen molar-refractivity contribution in [3.63, 3.8) is 0 Å². The zero-order chi connectivity index (χ0) is 11.0. The highest BCUT2D eigenvalue weighted by molar-refractivity contribution is 5.53. The molecule has 5 nitrogen and oxygen atoms in total. The van der Waals surface area contributed by atoms with Crippen LogP contribution in [0.1, 0.15) is 12.8 Å². The quantitative estimate of drug-likeness (QED) is 0.463. The second-order valence-corrected chi connectivity index (χ2v) is 3.65. The number of quaternary nitrogens is 1. The van der Waals surface area contributed by atoms with Crippen LogP contribution in [-0.4, -0.2) is 51.7 Å². The number of hydrogen-bond acceptors (Lipinski definition) is 4. The van der Waals surface area contributed by atoms with Gasteiger partial charge in [-0.15, -0.1) is 0 Å².